The molecular weight excluding hydrogens is 648 g/mol. The van der Waals surface area contributed by atoms with Crippen LogP contribution in [0.15, 0.2) is 46.4 Å². The van der Waals surface area contributed by atoms with Crippen LogP contribution >= 0.6 is 0 Å². The van der Waals surface area contributed by atoms with Crippen molar-refractivity contribution in [2.45, 2.75) is 50.6 Å². The summed E-state index contributed by atoms with van der Waals surface area (Å²) in [6, 6.07) is 7.14. The number of aliphatic imine (C=N–C) groups is 2. The molecule has 0 unspecified atom stereocenters. The summed E-state index contributed by atoms with van der Waals surface area (Å²) in [5.41, 5.74) is 33.9. The number of nitrogens with zero attached hydrogens (tertiary/aromatic N) is 2. The van der Waals surface area contributed by atoms with Crippen molar-refractivity contribution in [3.8, 4) is 0 Å². The first-order valence-electron chi connectivity index (χ1n) is 15.9. The van der Waals surface area contributed by atoms with Gasteiger partial charge in [0.2, 0.25) is 23.6 Å². The zero-order chi connectivity index (χ0) is 36.8. The molecule has 18 nitrogen and oxygen atoms in total. The molecule has 0 heterocycles. The maximum atomic E-state index is 13.3. The monoisotopic (exact) mass is 692 g/mol. The number of hydrogen-bond acceptors (Lipinski definition) is 10. The summed E-state index contributed by atoms with van der Waals surface area (Å²) in [4.78, 5) is 83.7. The molecule has 50 heavy (non-hydrogen) atoms. The van der Waals surface area contributed by atoms with E-state index in [0.29, 0.717) is 50.1 Å². The standard InChI is InChI=1S/C32H44N12O6/c33-23(3-1-11-41-31(35)36)29(49)39-13-9-25(45)43-17-5-7-19-21(15-17)27(47)20-8-6-18(16-22(20)28(19)48)44-26(46)10-14-40-30(50)24(34)4-2-12-42-32(37)38/h5-8,15-16,23-24H,1-4,9-14,33-34H2,(H,39,49)(H,40,50)(H,43,45)(H,44,46)(H4,35,36,41)(H4,37,38,42)/t23-,24-/m0/s1. The average Bonchev–Trinajstić information content (AvgIpc) is 3.06. The second-order valence-electron chi connectivity index (χ2n) is 11.5. The van der Waals surface area contributed by atoms with Crippen LogP contribution < -0.4 is 55.7 Å². The van der Waals surface area contributed by atoms with Gasteiger partial charge in [-0.2, -0.15) is 0 Å². The lowest BCUT2D eigenvalue weighted by Crippen LogP contribution is -2.41. The summed E-state index contributed by atoms with van der Waals surface area (Å²) < 4.78 is 0. The molecule has 0 fully saturated rings. The fraction of sp³-hybridized carbons (Fsp3) is 0.375. The Morgan fingerprint density at radius 3 is 1.34 bits per heavy atom. The molecule has 268 valence electrons. The van der Waals surface area contributed by atoms with Crippen molar-refractivity contribution in [1.82, 2.24) is 10.6 Å². The molecule has 18 heteroatoms. The topological polar surface area (TPSA) is 331 Å². The minimum absolute atomic E-state index is 0.0342. The van der Waals surface area contributed by atoms with Gasteiger partial charge in [0.05, 0.1) is 12.1 Å². The zero-order valence-corrected chi connectivity index (χ0v) is 27.5. The molecule has 0 saturated heterocycles. The number of guanidine groups is 2. The first-order valence-corrected chi connectivity index (χ1v) is 15.9. The van der Waals surface area contributed by atoms with Crippen molar-refractivity contribution < 1.29 is 28.8 Å². The van der Waals surface area contributed by atoms with Gasteiger partial charge in [-0.3, -0.25) is 38.8 Å². The predicted molar refractivity (Wildman–Crippen MR) is 188 cm³/mol. The molecule has 0 aromatic heterocycles. The third-order valence-corrected chi connectivity index (χ3v) is 7.50. The van der Waals surface area contributed by atoms with Gasteiger partial charge in [0.1, 0.15) is 0 Å². The van der Waals surface area contributed by atoms with Gasteiger partial charge in [-0.1, -0.05) is 0 Å². The van der Waals surface area contributed by atoms with Crippen LogP contribution in [-0.2, 0) is 19.2 Å². The third kappa shape index (κ3) is 11.7. The van der Waals surface area contributed by atoms with Crippen molar-refractivity contribution in [2.75, 3.05) is 36.8 Å². The molecule has 4 amide bonds. The summed E-state index contributed by atoms with van der Waals surface area (Å²) in [6.07, 6.45) is 1.63. The number of amides is 4. The highest BCUT2D eigenvalue weighted by Gasteiger charge is 2.30. The minimum Gasteiger partial charge on any atom is -0.370 e. The summed E-state index contributed by atoms with van der Waals surface area (Å²) in [5, 5.41) is 10.5. The zero-order valence-electron chi connectivity index (χ0n) is 27.5. The highest BCUT2D eigenvalue weighted by atomic mass is 16.2. The SMILES string of the molecule is NC(N)=NCCC[C@H](N)C(=O)NCCC(=O)Nc1ccc2c(c1)C(=O)c1ccc(NC(=O)CCNC(=O)[C@@H](N)CCCN=C(N)N)cc1C2=O. The number of rotatable bonds is 18. The van der Waals surface area contributed by atoms with Gasteiger partial charge in [0, 0.05) is 72.6 Å². The molecule has 1 aliphatic rings. The van der Waals surface area contributed by atoms with Gasteiger partial charge >= 0.3 is 0 Å². The van der Waals surface area contributed by atoms with Crippen LogP contribution in [0.1, 0.15) is 70.4 Å². The van der Waals surface area contributed by atoms with Crippen LogP contribution in [0.2, 0.25) is 0 Å². The first-order chi connectivity index (χ1) is 23.8. The van der Waals surface area contributed by atoms with E-state index in [-0.39, 0.29) is 60.1 Å². The number of carbonyl (C=O) groups excluding carboxylic acids is 6. The van der Waals surface area contributed by atoms with E-state index in [4.69, 9.17) is 34.4 Å². The number of nitrogens with one attached hydrogen (secondary N) is 4. The number of nitrogens with two attached hydrogens (primary N) is 6. The van der Waals surface area contributed by atoms with Gasteiger partial charge in [0.25, 0.3) is 0 Å². The molecule has 0 bridgehead atoms. The summed E-state index contributed by atoms with van der Waals surface area (Å²) in [6.45, 7) is 0.758. The molecule has 2 aromatic rings. The Morgan fingerprint density at radius 2 is 0.980 bits per heavy atom. The smallest absolute Gasteiger partial charge is 0.236 e. The van der Waals surface area contributed by atoms with Gasteiger partial charge in [-0.25, -0.2) is 0 Å². The van der Waals surface area contributed by atoms with Crippen LogP contribution in [0, 0.1) is 0 Å². The molecule has 0 aliphatic heterocycles. The van der Waals surface area contributed by atoms with E-state index in [9.17, 15) is 28.8 Å². The lowest BCUT2D eigenvalue weighted by atomic mass is 9.83. The van der Waals surface area contributed by atoms with Crippen molar-refractivity contribution >= 4 is 58.5 Å². The summed E-state index contributed by atoms with van der Waals surface area (Å²) in [7, 11) is 0. The lowest BCUT2D eigenvalue weighted by molar-refractivity contribution is -0.123. The number of fused-ring (bicyclic) bond motifs is 2. The van der Waals surface area contributed by atoms with Gasteiger partial charge in [-0.05, 0) is 62.1 Å². The minimum atomic E-state index is -0.781. The van der Waals surface area contributed by atoms with E-state index >= 15 is 0 Å². The Morgan fingerprint density at radius 1 is 0.600 bits per heavy atom. The molecule has 2 atom stereocenters. The average molecular weight is 693 g/mol. The van der Waals surface area contributed by atoms with Crippen molar-refractivity contribution in [3.05, 3.63) is 58.7 Å². The molecule has 2 aromatic carbocycles. The second-order valence-corrected chi connectivity index (χ2v) is 11.5. The molecule has 3 rings (SSSR count). The Bertz CT molecular complexity index is 1550. The van der Waals surface area contributed by atoms with Crippen LogP contribution in [-0.4, -0.2) is 85.4 Å². The Labute approximate surface area is 288 Å². The normalized spacial score (nSPS) is 12.8. The lowest BCUT2D eigenvalue weighted by Gasteiger charge is -2.19. The van der Waals surface area contributed by atoms with Crippen LogP contribution in [0.3, 0.4) is 0 Å². The van der Waals surface area contributed by atoms with Crippen molar-refractivity contribution in [2.24, 2.45) is 44.4 Å². The summed E-state index contributed by atoms with van der Waals surface area (Å²) in [5.74, 6) is -2.63. The molecule has 0 spiro atoms. The Kier molecular flexibility index (Phi) is 14.4. The van der Waals surface area contributed by atoms with Gasteiger partial charge in [0.15, 0.2) is 23.5 Å². The maximum Gasteiger partial charge on any atom is 0.236 e. The summed E-state index contributed by atoms with van der Waals surface area (Å²) >= 11 is 0. The van der Waals surface area contributed by atoms with E-state index in [1.807, 2.05) is 0 Å². The number of anilines is 2. The van der Waals surface area contributed by atoms with Gasteiger partial charge in [-0.15, -0.1) is 0 Å². The fourth-order valence-electron chi connectivity index (χ4n) is 4.91. The van der Waals surface area contributed by atoms with Crippen molar-refractivity contribution in [3.63, 3.8) is 0 Å². The van der Waals surface area contributed by atoms with E-state index in [2.05, 4.69) is 31.3 Å². The van der Waals surface area contributed by atoms with E-state index < -0.39 is 47.3 Å². The van der Waals surface area contributed by atoms with E-state index in [1.165, 1.54) is 36.4 Å². The number of carbonyl (C=O) groups is 6. The van der Waals surface area contributed by atoms with Crippen molar-refractivity contribution in [1.29, 1.82) is 0 Å². The molecule has 16 N–H and O–H groups in total. The van der Waals surface area contributed by atoms with Crippen LogP contribution in [0.4, 0.5) is 11.4 Å². The van der Waals surface area contributed by atoms with Crippen LogP contribution in [0.25, 0.3) is 0 Å². The van der Waals surface area contributed by atoms with Crippen LogP contribution in [0.5, 0.6) is 0 Å². The predicted octanol–water partition coefficient (Wildman–Crippen LogP) is -1.89. The quantitative estimate of drug-likeness (QED) is 0.0398. The number of ketones is 2. The maximum absolute atomic E-state index is 13.3. The Hall–Kier alpha value is -5.88. The molecular formula is C32H44N12O6. The Balaban J connectivity index is 1.49. The first kappa shape index (κ1) is 38.6. The van der Waals surface area contributed by atoms with E-state index in [0.717, 1.165) is 0 Å². The number of benzene rings is 2. The second kappa shape index (κ2) is 18.6. The van der Waals surface area contributed by atoms with Gasteiger partial charge < -0.3 is 55.7 Å². The third-order valence-electron chi connectivity index (χ3n) is 7.50. The fourth-order valence-corrected chi connectivity index (χ4v) is 4.91. The molecule has 0 saturated carbocycles. The highest BCUT2D eigenvalue weighted by Crippen LogP contribution is 2.31. The van der Waals surface area contributed by atoms with E-state index in [1.54, 1.807) is 0 Å². The largest absolute Gasteiger partial charge is 0.370 e. The number of hydrogen-bond donors (Lipinski definition) is 10. The molecule has 0 radical (unpaired) electrons. The molecule has 1 aliphatic carbocycles. The highest BCUT2D eigenvalue weighted by molar-refractivity contribution is 6.29.